The quantitative estimate of drug-likeness (QED) is 0.478. The molecular weight excluding hydrogens is 464 g/mol. The van der Waals surface area contributed by atoms with E-state index in [-0.39, 0.29) is 48.1 Å². The Bertz CT molecular complexity index is 1260. The first-order valence-corrected chi connectivity index (χ1v) is 11.2. The number of carbonyl (C=O) groups excluding carboxylic acids is 3. The highest BCUT2D eigenvalue weighted by Gasteiger charge is 2.34. The second-order valence-electron chi connectivity index (χ2n) is 7.33. The lowest BCUT2D eigenvalue weighted by Crippen LogP contribution is -2.37. The van der Waals surface area contributed by atoms with Gasteiger partial charge in [0.15, 0.2) is 11.7 Å². The van der Waals surface area contributed by atoms with Crippen molar-refractivity contribution in [1.29, 1.82) is 0 Å². The molecule has 0 bridgehead atoms. The van der Waals surface area contributed by atoms with Crippen LogP contribution in [-0.2, 0) is 16.0 Å². The molecule has 0 aliphatic carbocycles. The van der Waals surface area contributed by atoms with Crippen LogP contribution in [0.4, 0.5) is 13.6 Å². The van der Waals surface area contributed by atoms with Crippen LogP contribution in [0.15, 0.2) is 64.1 Å². The highest BCUT2D eigenvalue weighted by molar-refractivity contribution is 8.18. The average molecular weight is 483 g/mol. The lowest BCUT2D eigenvalue weighted by atomic mass is 10.2. The van der Waals surface area contributed by atoms with Gasteiger partial charge in [0, 0.05) is 37.1 Å². The number of nitrogens with zero attached hydrogens (tertiary/aromatic N) is 2. The summed E-state index contributed by atoms with van der Waals surface area (Å²) in [6.07, 6.45) is 3.20. The fraction of sp³-hybridized carbons (Fsp3) is 0.167. The molecule has 1 saturated heterocycles. The van der Waals surface area contributed by atoms with Gasteiger partial charge in [0.05, 0.1) is 11.1 Å². The molecule has 174 valence electrons. The Hall–Kier alpha value is -3.79. The van der Waals surface area contributed by atoms with Crippen molar-refractivity contribution in [2.24, 2.45) is 0 Å². The number of halogens is 2. The van der Waals surface area contributed by atoms with Crippen LogP contribution < -0.4 is 5.32 Å². The highest BCUT2D eigenvalue weighted by Crippen LogP contribution is 2.32. The minimum absolute atomic E-state index is 0.00125. The molecule has 0 spiro atoms. The minimum atomic E-state index is -0.527. The summed E-state index contributed by atoms with van der Waals surface area (Å²) in [6.45, 7) is 0.0784. The van der Waals surface area contributed by atoms with E-state index in [1.54, 1.807) is 18.2 Å². The van der Waals surface area contributed by atoms with Crippen LogP contribution in [0.5, 0.6) is 0 Å². The third kappa shape index (κ3) is 5.57. The van der Waals surface area contributed by atoms with Crippen LogP contribution in [0.3, 0.4) is 0 Å². The average Bonchev–Trinajstić information content (AvgIpc) is 3.40. The van der Waals surface area contributed by atoms with Crippen molar-refractivity contribution in [1.82, 2.24) is 15.2 Å². The number of aromatic nitrogens is 1. The summed E-state index contributed by atoms with van der Waals surface area (Å²) in [7, 11) is 0. The summed E-state index contributed by atoms with van der Waals surface area (Å²) in [4.78, 5) is 42.1. The number of rotatable bonds is 8. The number of benzene rings is 2. The van der Waals surface area contributed by atoms with Crippen molar-refractivity contribution >= 4 is 34.9 Å². The first-order valence-electron chi connectivity index (χ1n) is 10.4. The Morgan fingerprint density at radius 2 is 1.88 bits per heavy atom. The van der Waals surface area contributed by atoms with Crippen LogP contribution in [0.2, 0.25) is 0 Å². The van der Waals surface area contributed by atoms with Gasteiger partial charge in [-0.2, -0.15) is 0 Å². The second-order valence-corrected chi connectivity index (χ2v) is 8.32. The first-order chi connectivity index (χ1) is 16.4. The van der Waals surface area contributed by atoms with Gasteiger partial charge in [0.25, 0.3) is 11.1 Å². The third-order valence-corrected chi connectivity index (χ3v) is 5.88. The maximum atomic E-state index is 13.8. The van der Waals surface area contributed by atoms with E-state index >= 15 is 0 Å². The second kappa shape index (κ2) is 10.4. The monoisotopic (exact) mass is 483 g/mol. The van der Waals surface area contributed by atoms with E-state index in [4.69, 9.17) is 4.42 Å². The fourth-order valence-corrected chi connectivity index (χ4v) is 4.07. The van der Waals surface area contributed by atoms with E-state index in [2.05, 4.69) is 10.3 Å². The maximum absolute atomic E-state index is 13.8. The molecule has 1 fully saturated rings. The standard InChI is InChI=1S/C24H19F2N3O4S/c25-17-7-5-15(6-8-17)19-14-28-22(33-19)10-9-21(30)27-11-12-29-23(31)20(34-24(29)32)13-16-3-1-2-4-18(16)26/h1-8,13-14H,9-12H2,(H,27,30)/b20-13-. The molecule has 0 atom stereocenters. The summed E-state index contributed by atoms with van der Waals surface area (Å²) in [5.41, 5.74) is 0.890. The molecule has 7 nitrogen and oxygen atoms in total. The SMILES string of the molecule is O=C(CCc1ncc(-c2ccc(F)cc2)o1)NCCN1C(=O)S/C(=C\c2ccccc2F)C1=O. The zero-order valence-corrected chi connectivity index (χ0v) is 18.6. The van der Waals surface area contributed by atoms with E-state index < -0.39 is 17.0 Å². The predicted octanol–water partition coefficient (Wildman–Crippen LogP) is 4.41. The summed E-state index contributed by atoms with van der Waals surface area (Å²) >= 11 is 0.731. The molecule has 1 aliphatic rings. The molecule has 3 amide bonds. The molecule has 0 radical (unpaired) electrons. The molecule has 0 unspecified atom stereocenters. The van der Waals surface area contributed by atoms with E-state index in [0.29, 0.717) is 17.2 Å². The van der Waals surface area contributed by atoms with Gasteiger partial charge in [-0.25, -0.2) is 13.8 Å². The molecule has 1 N–H and O–H groups in total. The van der Waals surface area contributed by atoms with Gasteiger partial charge in [-0.1, -0.05) is 18.2 Å². The molecule has 3 aromatic rings. The van der Waals surface area contributed by atoms with E-state index in [1.807, 2.05) is 0 Å². The molecule has 1 aliphatic heterocycles. The number of nitrogens with one attached hydrogen (secondary N) is 1. The van der Waals surface area contributed by atoms with Gasteiger partial charge in [-0.15, -0.1) is 0 Å². The Morgan fingerprint density at radius 1 is 1.12 bits per heavy atom. The van der Waals surface area contributed by atoms with Crippen LogP contribution in [-0.4, -0.2) is 40.0 Å². The molecule has 1 aromatic heterocycles. The molecule has 0 saturated carbocycles. The Labute approximate surface area is 197 Å². The molecule has 2 heterocycles. The summed E-state index contributed by atoms with van der Waals surface area (Å²) in [5, 5.41) is 2.18. The Morgan fingerprint density at radius 3 is 2.65 bits per heavy atom. The number of imide groups is 1. The highest BCUT2D eigenvalue weighted by atomic mass is 32.2. The number of thioether (sulfide) groups is 1. The third-order valence-electron chi connectivity index (χ3n) is 4.97. The van der Waals surface area contributed by atoms with Crippen LogP contribution >= 0.6 is 11.8 Å². The van der Waals surface area contributed by atoms with Crippen LogP contribution in [0, 0.1) is 11.6 Å². The van der Waals surface area contributed by atoms with E-state index in [9.17, 15) is 23.2 Å². The van der Waals surface area contributed by atoms with E-state index in [1.165, 1.54) is 42.6 Å². The lowest BCUT2D eigenvalue weighted by Gasteiger charge is -2.12. The van der Waals surface area contributed by atoms with Crippen molar-refractivity contribution in [2.45, 2.75) is 12.8 Å². The number of aryl methyl sites for hydroxylation is 1. The summed E-state index contributed by atoms with van der Waals surface area (Å²) < 4.78 is 32.4. The van der Waals surface area contributed by atoms with Gasteiger partial charge < -0.3 is 9.73 Å². The van der Waals surface area contributed by atoms with Gasteiger partial charge in [0.1, 0.15) is 11.6 Å². The van der Waals surface area contributed by atoms with E-state index in [0.717, 1.165) is 16.7 Å². The van der Waals surface area contributed by atoms with Crippen molar-refractivity contribution in [3.8, 4) is 11.3 Å². The maximum Gasteiger partial charge on any atom is 0.293 e. The van der Waals surface area contributed by atoms with Gasteiger partial charge >= 0.3 is 0 Å². The van der Waals surface area contributed by atoms with Crippen molar-refractivity contribution in [3.63, 3.8) is 0 Å². The van der Waals surface area contributed by atoms with Crippen LogP contribution in [0.25, 0.3) is 17.4 Å². The van der Waals surface area contributed by atoms with Gasteiger partial charge in [-0.3, -0.25) is 19.3 Å². The number of hydrogen-bond acceptors (Lipinski definition) is 6. The smallest absolute Gasteiger partial charge is 0.293 e. The molecule has 2 aromatic carbocycles. The summed E-state index contributed by atoms with van der Waals surface area (Å²) in [6, 6.07) is 11.7. The zero-order chi connectivity index (χ0) is 24.1. The molecular formula is C24H19F2N3O4S. The molecule has 10 heteroatoms. The molecule has 34 heavy (non-hydrogen) atoms. The van der Waals surface area contributed by atoms with Gasteiger partial charge in [0.2, 0.25) is 5.91 Å². The predicted molar refractivity (Wildman–Crippen MR) is 122 cm³/mol. The number of carbonyl (C=O) groups is 3. The molecule has 4 rings (SSSR count). The van der Waals surface area contributed by atoms with Crippen molar-refractivity contribution in [2.75, 3.05) is 13.1 Å². The number of amides is 3. The Balaban J connectivity index is 1.24. The lowest BCUT2D eigenvalue weighted by molar-refractivity contribution is -0.124. The minimum Gasteiger partial charge on any atom is -0.441 e. The number of hydrogen-bond donors (Lipinski definition) is 1. The number of oxazole rings is 1. The van der Waals surface area contributed by atoms with Crippen molar-refractivity contribution < 1.29 is 27.6 Å². The fourth-order valence-electron chi connectivity index (χ4n) is 3.22. The largest absolute Gasteiger partial charge is 0.441 e. The Kier molecular flexibility index (Phi) is 7.17. The van der Waals surface area contributed by atoms with Crippen molar-refractivity contribution in [3.05, 3.63) is 82.7 Å². The van der Waals surface area contributed by atoms with Crippen LogP contribution in [0.1, 0.15) is 17.9 Å². The summed E-state index contributed by atoms with van der Waals surface area (Å²) in [5.74, 6) is -0.835. The topological polar surface area (TPSA) is 92.5 Å². The first kappa shape index (κ1) is 23.4. The van der Waals surface area contributed by atoms with Gasteiger partial charge in [-0.05, 0) is 48.2 Å². The zero-order valence-electron chi connectivity index (χ0n) is 17.8. The normalized spacial score (nSPS) is 14.8.